The van der Waals surface area contributed by atoms with Gasteiger partial charge in [0.2, 0.25) is 5.78 Å². The van der Waals surface area contributed by atoms with Crippen LogP contribution in [0.3, 0.4) is 0 Å². The number of hydrogen-bond donors (Lipinski definition) is 1. The van der Waals surface area contributed by atoms with Crippen molar-refractivity contribution in [2.45, 2.75) is 20.8 Å². The molecule has 0 spiro atoms. The Balaban J connectivity index is 1.71. The highest BCUT2D eigenvalue weighted by atomic mass is 16.5. The quantitative estimate of drug-likeness (QED) is 0.470. The molecule has 1 fully saturated rings. The third-order valence-corrected chi connectivity index (χ3v) is 4.86. The molecule has 1 saturated heterocycles. The van der Waals surface area contributed by atoms with Crippen LogP contribution < -0.4 is 4.90 Å². The van der Waals surface area contributed by atoms with Gasteiger partial charge in [0, 0.05) is 24.5 Å². The molecule has 1 N–H and O–H groups in total. The molecule has 0 bridgehead atoms. The fourth-order valence-electron chi connectivity index (χ4n) is 3.38. The van der Waals surface area contributed by atoms with Crippen molar-refractivity contribution in [2.75, 3.05) is 37.8 Å². The van der Waals surface area contributed by atoms with E-state index >= 15 is 0 Å². The fraction of sp³-hybridized carbons (Fsp3) is 0.364. The number of ketones is 1. The van der Waals surface area contributed by atoms with Crippen LogP contribution in [0, 0.1) is 13.8 Å². The number of allylic oxidation sites excluding steroid dienone is 1. The van der Waals surface area contributed by atoms with Crippen molar-refractivity contribution >= 4 is 23.5 Å². The molecule has 2 heterocycles. The lowest BCUT2D eigenvalue weighted by Crippen LogP contribution is -2.36. The topological polar surface area (TPSA) is 71.6 Å². The average molecular weight is 382 g/mol. The molecule has 0 atom stereocenters. The van der Waals surface area contributed by atoms with E-state index in [1.165, 1.54) is 6.08 Å². The zero-order valence-corrected chi connectivity index (χ0v) is 16.6. The van der Waals surface area contributed by atoms with Crippen LogP contribution in [-0.4, -0.2) is 49.6 Å². The van der Waals surface area contributed by atoms with Crippen molar-refractivity contribution in [2.24, 2.45) is 0 Å². The van der Waals surface area contributed by atoms with Gasteiger partial charge in [-0.25, -0.2) is 4.79 Å². The number of aromatic nitrogens is 1. The molecule has 6 nitrogen and oxygen atoms in total. The molecular weight excluding hydrogens is 356 g/mol. The Hall–Kier alpha value is -2.86. The van der Waals surface area contributed by atoms with Crippen molar-refractivity contribution < 1.29 is 19.1 Å². The summed E-state index contributed by atoms with van der Waals surface area (Å²) in [5.74, 6) is -0.580. The predicted octanol–water partition coefficient (Wildman–Crippen LogP) is 3.54. The van der Waals surface area contributed by atoms with Crippen molar-refractivity contribution in [3.05, 3.63) is 58.4 Å². The van der Waals surface area contributed by atoms with Crippen LogP contribution >= 0.6 is 0 Å². The van der Waals surface area contributed by atoms with E-state index in [1.807, 2.05) is 12.1 Å². The first kappa shape index (κ1) is 19.9. The number of anilines is 1. The molecule has 0 unspecified atom stereocenters. The highest BCUT2D eigenvalue weighted by Gasteiger charge is 2.21. The van der Waals surface area contributed by atoms with Crippen LogP contribution in [0.15, 0.2) is 30.3 Å². The van der Waals surface area contributed by atoms with Crippen molar-refractivity contribution in [3.63, 3.8) is 0 Å². The highest BCUT2D eigenvalue weighted by Crippen LogP contribution is 2.21. The standard InChI is InChI=1S/C22H26N2O4/c1-4-28-22(26)20-15(2)21(23-16(20)3)19(25)10-7-17-5-8-18(9-6-17)24-11-13-27-14-12-24/h5-10,23H,4,11-14H2,1-3H3/b10-7+. The molecule has 6 heteroatoms. The maximum absolute atomic E-state index is 12.6. The minimum absolute atomic E-state index is 0.173. The van der Waals surface area contributed by atoms with Gasteiger partial charge >= 0.3 is 5.97 Å². The third kappa shape index (κ3) is 4.34. The summed E-state index contributed by atoms with van der Waals surface area (Å²) < 4.78 is 10.5. The van der Waals surface area contributed by atoms with Gasteiger partial charge in [0.1, 0.15) is 0 Å². The molecule has 148 valence electrons. The monoisotopic (exact) mass is 382 g/mol. The highest BCUT2D eigenvalue weighted by molar-refractivity contribution is 6.08. The van der Waals surface area contributed by atoms with Crippen LogP contribution in [0.2, 0.25) is 0 Å². The van der Waals surface area contributed by atoms with Gasteiger partial charge in [-0.2, -0.15) is 0 Å². The maximum Gasteiger partial charge on any atom is 0.340 e. The summed E-state index contributed by atoms with van der Waals surface area (Å²) in [5, 5.41) is 0. The number of carbonyl (C=O) groups is 2. The zero-order chi connectivity index (χ0) is 20.1. The number of rotatable bonds is 6. The summed E-state index contributed by atoms with van der Waals surface area (Å²) in [7, 11) is 0. The van der Waals surface area contributed by atoms with Gasteiger partial charge in [-0.1, -0.05) is 18.2 Å². The first-order chi connectivity index (χ1) is 13.5. The molecule has 1 aliphatic rings. The SMILES string of the molecule is CCOC(=O)c1c(C)[nH]c(C(=O)/C=C/c2ccc(N3CCOCC3)cc2)c1C. The van der Waals surface area contributed by atoms with Crippen LogP contribution in [0.1, 0.15) is 44.6 Å². The van der Waals surface area contributed by atoms with Crippen LogP contribution in [0.25, 0.3) is 6.08 Å². The minimum atomic E-state index is -0.407. The Morgan fingerprint density at radius 2 is 1.86 bits per heavy atom. The molecule has 0 radical (unpaired) electrons. The molecule has 0 saturated carbocycles. The smallest absolute Gasteiger partial charge is 0.340 e. The van der Waals surface area contributed by atoms with Crippen LogP contribution in [0.5, 0.6) is 0 Å². The van der Waals surface area contributed by atoms with Gasteiger partial charge in [-0.3, -0.25) is 4.79 Å². The number of ether oxygens (including phenoxy) is 2. The van der Waals surface area contributed by atoms with Gasteiger partial charge in [0.05, 0.1) is 31.1 Å². The van der Waals surface area contributed by atoms with E-state index in [-0.39, 0.29) is 5.78 Å². The minimum Gasteiger partial charge on any atom is -0.462 e. The average Bonchev–Trinajstić information content (AvgIpc) is 3.01. The molecule has 0 amide bonds. The number of morpholine rings is 1. The second kappa shape index (κ2) is 8.89. The summed E-state index contributed by atoms with van der Waals surface area (Å²) >= 11 is 0. The van der Waals surface area contributed by atoms with Crippen molar-refractivity contribution in [1.82, 2.24) is 4.98 Å². The fourth-order valence-corrected chi connectivity index (χ4v) is 3.38. The van der Waals surface area contributed by atoms with Crippen molar-refractivity contribution in [1.29, 1.82) is 0 Å². The summed E-state index contributed by atoms with van der Waals surface area (Å²) in [4.78, 5) is 30.0. The molecule has 1 aliphatic heterocycles. The normalized spacial score (nSPS) is 14.5. The molecule has 28 heavy (non-hydrogen) atoms. The first-order valence-electron chi connectivity index (χ1n) is 9.52. The van der Waals surface area contributed by atoms with E-state index in [1.54, 1.807) is 26.8 Å². The van der Waals surface area contributed by atoms with Gasteiger partial charge in [0.15, 0.2) is 0 Å². The largest absolute Gasteiger partial charge is 0.462 e. The lowest BCUT2D eigenvalue weighted by molar-refractivity contribution is 0.0525. The number of nitrogens with zero attached hydrogens (tertiary/aromatic N) is 1. The summed E-state index contributed by atoms with van der Waals surface area (Å²) in [6.45, 7) is 8.86. The molecular formula is C22H26N2O4. The number of nitrogens with one attached hydrogen (secondary N) is 1. The molecule has 2 aromatic rings. The second-order valence-corrected chi connectivity index (χ2v) is 6.73. The van der Waals surface area contributed by atoms with Crippen LogP contribution in [-0.2, 0) is 9.47 Å². The Morgan fingerprint density at radius 3 is 2.50 bits per heavy atom. The van der Waals surface area contributed by atoms with Gasteiger partial charge in [-0.15, -0.1) is 0 Å². The Labute approximate surface area is 165 Å². The van der Waals surface area contributed by atoms with E-state index in [0.29, 0.717) is 29.1 Å². The van der Waals surface area contributed by atoms with Gasteiger partial charge in [-0.05, 0) is 50.1 Å². The first-order valence-corrected chi connectivity index (χ1v) is 9.52. The Bertz CT molecular complexity index is 875. The molecule has 0 aliphatic carbocycles. The van der Waals surface area contributed by atoms with E-state index in [9.17, 15) is 9.59 Å². The van der Waals surface area contributed by atoms with E-state index < -0.39 is 5.97 Å². The zero-order valence-electron chi connectivity index (χ0n) is 16.6. The number of hydrogen-bond acceptors (Lipinski definition) is 5. The molecule has 3 rings (SSSR count). The van der Waals surface area contributed by atoms with E-state index in [0.717, 1.165) is 37.6 Å². The van der Waals surface area contributed by atoms with E-state index in [2.05, 4.69) is 22.0 Å². The third-order valence-electron chi connectivity index (χ3n) is 4.86. The van der Waals surface area contributed by atoms with Gasteiger partial charge < -0.3 is 19.4 Å². The lowest BCUT2D eigenvalue weighted by Gasteiger charge is -2.28. The summed E-state index contributed by atoms with van der Waals surface area (Å²) in [5.41, 5.74) is 4.21. The predicted molar refractivity (Wildman–Crippen MR) is 109 cm³/mol. The summed E-state index contributed by atoms with van der Waals surface area (Å²) in [6, 6.07) is 8.09. The Morgan fingerprint density at radius 1 is 1.18 bits per heavy atom. The number of carbonyl (C=O) groups excluding carboxylic acids is 2. The maximum atomic E-state index is 12.6. The molecule has 1 aromatic heterocycles. The van der Waals surface area contributed by atoms with Gasteiger partial charge in [0.25, 0.3) is 0 Å². The number of benzene rings is 1. The number of aromatic amines is 1. The van der Waals surface area contributed by atoms with E-state index in [4.69, 9.17) is 9.47 Å². The number of esters is 1. The lowest BCUT2D eigenvalue weighted by atomic mass is 10.1. The second-order valence-electron chi connectivity index (χ2n) is 6.73. The summed E-state index contributed by atoms with van der Waals surface area (Å²) in [6.07, 6.45) is 3.31. The number of aryl methyl sites for hydroxylation is 1. The number of H-pyrrole nitrogens is 1. The molecule has 1 aromatic carbocycles. The Kier molecular flexibility index (Phi) is 6.31. The van der Waals surface area contributed by atoms with Crippen LogP contribution in [0.4, 0.5) is 5.69 Å². The van der Waals surface area contributed by atoms with Crippen molar-refractivity contribution in [3.8, 4) is 0 Å².